The zero-order valence-electron chi connectivity index (χ0n) is 17.3. The van der Waals surface area contributed by atoms with E-state index in [0.717, 1.165) is 57.3 Å². The number of carbonyl (C=O) groups excluding carboxylic acids is 1. The van der Waals surface area contributed by atoms with Crippen LogP contribution in [0.2, 0.25) is 0 Å². The van der Waals surface area contributed by atoms with Crippen molar-refractivity contribution in [2.45, 2.75) is 103 Å². The van der Waals surface area contributed by atoms with Gasteiger partial charge in [-0.1, -0.05) is 56.5 Å². The van der Waals surface area contributed by atoms with Crippen molar-refractivity contribution in [3.05, 3.63) is 35.4 Å². The Labute approximate surface area is 160 Å². The van der Waals surface area contributed by atoms with E-state index in [9.17, 15) is 9.90 Å². The van der Waals surface area contributed by atoms with Gasteiger partial charge in [0, 0.05) is 5.41 Å². The quantitative estimate of drug-likeness (QED) is 0.644. The van der Waals surface area contributed by atoms with Crippen molar-refractivity contribution >= 4 is 5.78 Å². The Morgan fingerprint density at radius 2 is 1.54 bits per heavy atom. The zero-order chi connectivity index (χ0) is 19.2. The Hall–Kier alpha value is -1.15. The lowest BCUT2D eigenvalue weighted by atomic mass is 9.64. The first-order valence-corrected chi connectivity index (χ1v) is 10.6. The van der Waals surface area contributed by atoms with E-state index < -0.39 is 5.60 Å². The number of rotatable bonds is 6. The maximum absolute atomic E-state index is 11.8. The van der Waals surface area contributed by atoms with Gasteiger partial charge < -0.3 is 5.11 Å². The summed E-state index contributed by atoms with van der Waals surface area (Å²) >= 11 is 0. The van der Waals surface area contributed by atoms with Gasteiger partial charge in [-0.3, -0.25) is 4.79 Å². The van der Waals surface area contributed by atoms with Gasteiger partial charge in [0.15, 0.2) is 0 Å². The summed E-state index contributed by atoms with van der Waals surface area (Å²) in [5, 5.41) is 10.3. The number of aliphatic hydroxyl groups is 1. The molecule has 0 saturated heterocycles. The molecule has 0 heterocycles. The van der Waals surface area contributed by atoms with Gasteiger partial charge in [0.05, 0.1) is 5.60 Å². The summed E-state index contributed by atoms with van der Waals surface area (Å²) in [6, 6.07) is 8.92. The number of hydrogen-bond acceptors (Lipinski definition) is 2. The van der Waals surface area contributed by atoms with E-state index in [1.54, 1.807) is 6.92 Å². The zero-order valence-corrected chi connectivity index (χ0v) is 17.3. The smallest absolute Gasteiger partial charge is 0.135 e. The lowest BCUT2D eigenvalue weighted by Gasteiger charge is -2.42. The average molecular weight is 359 g/mol. The van der Waals surface area contributed by atoms with Crippen LogP contribution in [0.4, 0.5) is 0 Å². The van der Waals surface area contributed by atoms with Gasteiger partial charge in [-0.15, -0.1) is 0 Å². The Morgan fingerprint density at radius 3 is 1.96 bits per heavy atom. The topological polar surface area (TPSA) is 37.3 Å². The molecule has 1 aromatic rings. The lowest BCUT2D eigenvalue weighted by molar-refractivity contribution is -0.133. The molecule has 2 fully saturated rings. The van der Waals surface area contributed by atoms with E-state index >= 15 is 0 Å². The maximum Gasteiger partial charge on any atom is 0.135 e. The molecule has 0 aromatic heterocycles. The summed E-state index contributed by atoms with van der Waals surface area (Å²) in [7, 11) is 0. The largest absolute Gasteiger partial charge is 0.390 e. The third-order valence-electron chi connectivity index (χ3n) is 6.45. The summed E-state index contributed by atoms with van der Waals surface area (Å²) in [5.74, 6) is 1.23. The predicted molar refractivity (Wildman–Crippen MR) is 110 cm³/mol. The summed E-state index contributed by atoms with van der Waals surface area (Å²) in [5.41, 5.74) is 2.30. The third-order valence-corrected chi connectivity index (χ3v) is 6.45. The van der Waals surface area contributed by atoms with Gasteiger partial charge in [0.25, 0.3) is 0 Å². The highest BCUT2D eigenvalue weighted by Crippen LogP contribution is 2.46. The molecule has 2 aliphatic carbocycles. The number of carbonyl (C=O) groups is 1. The van der Waals surface area contributed by atoms with Crippen molar-refractivity contribution in [2.75, 3.05) is 0 Å². The van der Waals surface area contributed by atoms with Crippen LogP contribution in [0.3, 0.4) is 0 Å². The maximum atomic E-state index is 11.8. The summed E-state index contributed by atoms with van der Waals surface area (Å²) in [4.78, 5) is 11.8. The SMILES string of the molecule is CCCC1(O)CCC(CCC)(C(C)=O)CC1.Cc1ccc(C2CC2)cc1. The molecule has 0 spiro atoms. The molecule has 0 atom stereocenters. The van der Waals surface area contributed by atoms with Gasteiger partial charge in [0.1, 0.15) is 5.78 Å². The standard InChI is InChI=1S/C14H26O2.C10H12/c1-4-6-13(12(3)15)8-10-14(16,7-5-2)11-9-13;1-8-2-4-9(5-3-8)10-6-7-10/h16H,4-11H2,1-3H3;2-5,10H,6-7H2,1H3. The molecule has 1 N–H and O–H groups in total. The Morgan fingerprint density at radius 1 is 1.00 bits per heavy atom. The minimum Gasteiger partial charge on any atom is -0.390 e. The highest BCUT2D eigenvalue weighted by molar-refractivity contribution is 5.82. The molecular weight excluding hydrogens is 320 g/mol. The van der Waals surface area contributed by atoms with E-state index in [0.29, 0.717) is 5.78 Å². The minimum atomic E-state index is -0.485. The van der Waals surface area contributed by atoms with Crippen LogP contribution in [0, 0.1) is 12.3 Å². The van der Waals surface area contributed by atoms with E-state index in [1.165, 1.54) is 24.0 Å². The molecule has 0 unspecified atom stereocenters. The van der Waals surface area contributed by atoms with Crippen molar-refractivity contribution in [1.82, 2.24) is 0 Å². The Bertz CT molecular complexity index is 560. The fourth-order valence-corrected chi connectivity index (χ4v) is 4.42. The van der Waals surface area contributed by atoms with Crippen LogP contribution in [0.5, 0.6) is 0 Å². The van der Waals surface area contributed by atoms with Gasteiger partial charge in [-0.25, -0.2) is 0 Å². The van der Waals surface area contributed by atoms with E-state index in [-0.39, 0.29) is 5.41 Å². The second kappa shape index (κ2) is 9.17. The van der Waals surface area contributed by atoms with Crippen LogP contribution in [-0.4, -0.2) is 16.5 Å². The average Bonchev–Trinajstić information content (AvgIpc) is 3.44. The summed E-state index contributed by atoms with van der Waals surface area (Å²) in [6.45, 7) is 8.10. The second-order valence-corrected chi connectivity index (χ2v) is 8.75. The molecule has 1 aromatic carbocycles. The minimum absolute atomic E-state index is 0.116. The normalized spacial score (nSPS) is 28.2. The van der Waals surface area contributed by atoms with Crippen molar-refractivity contribution < 1.29 is 9.90 Å². The highest BCUT2D eigenvalue weighted by Gasteiger charge is 2.43. The predicted octanol–water partition coefficient (Wildman–Crippen LogP) is 6.34. The van der Waals surface area contributed by atoms with Crippen LogP contribution in [-0.2, 0) is 4.79 Å². The van der Waals surface area contributed by atoms with Gasteiger partial charge in [0.2, 0.25) is 0 Å². The first kappa shape index (κ1) is 21.2. The van der Waals surface area contributed by atoms with Crippen molar-refractivity contribution in [3.63, 3.8) is 0 Å². The molecule has 0 aliphatic heterocycles. The molecule has 0 bridgehead atoms. The molecular formula is C24H38O2. The number of aryl methyl sites for hydroxylation is 1. The first-order valence-electron chi connectivity index (χ1n) is 10.6. The molecule has 26 heavy (non-hydrogen) atoms. The van der Waals surface area contributed by atoms with Crippen molar-refractivity contribution in [3.8, 4) is 0 Å². The fraction of sp³-hybridized carbons (Fsp3) is 0.708. The Kier molecular flexibility index (Phi) is 7.46. The van der Waals surface area contributed by atoms with Crippen LogP contribution >= 0.6 is 0 Å². The number of Topliss-reactive ketones (excluding diaryl/α,β-unsaturated/α-hetero) is 1. The highest BCUT2D eigenvalue weighted by atomic mass is 16.3. The molecule has 2 saturated carbocycles. The third kappa shape index (κ3) is 5.67. The fourth-order valence-electron chi connectivity index (χ4n) is 4.42. The van der Waals surface area contributed by atoms with E-state index in [4.69, 9.17) is 0 Å². The molecule has 0 radical (unpaired) electrons. The molecule has 3 rings (SSSR count). The summed E-state index contributed by atoms with van der Waals surface area (Å²) in [6.07, 6.45) is 10.1. The number of benzene rings is 1. The van der Waals surface area contributed by atoms with Crippen LogP contribution in [0.25, 0.3) is 0 Å². The lowest BCUT2D eigenvalue weighted by Crippen LogP contribution is -2.42. The van der Waals surface area contributed by atoms with Crippen LogP contribution in [0.1, 0.15) is 102 Å². The molecule has 2 nitrogen and oxygen atoms in total. The Balaban J connectivity index is 0.000000206. The number of ketones is 1. The second-order valence-electron chi connectivity index (χ2n) is 8.75. The van der Waals surface area contributed by atoms with Crippen LogP contribution in [0.15, 0.2) is 24.3 Å². The molecule has 2 heteroatoms. The molecule has 0 amide bonds. The molecule has 2 aliphatic rings. The van der Waals surface area contributed by atoms with E-state index in [1.807, 2.05) is 0 Å². The van der Waals surface area contributed by atoms with Crippen LogP contribution < -0.4 is 0 Å². The molecule has 146 valence electrons. The van der Waals surface area contributed by atoms with Crippen molar-refractivity contribution in [2.24, 2.45) is 5.41 Å². The van der Waals surface area contributed by atoms with E-state index in [2.05, 4.69) is 45.0 Å². The van der Waals surface area contributed by atoms with Gasteiger partial charge >= 0.3 is 0 Å². The van der Waals surface area contributed by atoms with Gasteiger partial charge in [-0.05, 0) is 76.7 Å². The summed E-state index contributed by atoms with van der Waals surface area (Å²) < 4.78 is 0. The number of hydrogen-bond donors (Lipinski definition) is 1. The van der Waals surface area contributed by atoms with Gasteiger partial charge in [-0.2, -0.15) is 0 Å². The first-order chi connectivity index (χ1) is 12.3. The monoisotopic (exact) mass is 358 g/mol. The van der Waals surface area contributed by atoms with Crippen molar-refractivity contribution in [1.29, 1.82) is 0 Å².